The lowest BCUT2D eigenvalue weighted by Crippen LogP contribution is -2.55. The molecule has 2 aliphatic heterocycles. The number of rotatable bonds is 4. The number of urea groups is 1. The number of amides is 2. The number of nitrogens with zero attached hydrogens (tertiary/aromatic N) is 3. The number of benzene rings is 1. The molecule has 4 rings (SSSR count). The van der Waals surface area contributed by atoms with Gasteiger partial charge in [-0.25, -0.2) is 4.79 Å². The third kappa shape index (κ3) is 4.51. The maximum absolute atomic E-state index is 13.0. The summed E-state index contributed by atoms with van der Waals surface area (Å²) in [7, 11) is 0. The molecule has 1 N–H and O–H groups in total. The summed E-state index contributed by atoms with van der Waals surface area (Å²) in [6, 6.07) is 14.4. The van der Waals surface area contributed by atoms with Gasteiger partial charge in [-0.15, -0.1) is 0 Å². The summed E-state index contributed by atoms with van der Waals surface area (Å²) < 4.78 is 5.47. The van der Waals surface area contributed by atoms with Crippen molar-refractivity contribution in [3.05, 3.63) is 66.0 Å². The van der Waals surface area contributed by atoms with E-state index >= 15 is 0 Å². The summed E-state index contributed by atoms with van der Waals surface area (Å²) in [5.74, 6) is 0. The van der Waals surface area contributed by atoms with Crippen molar-refractivity contribution in [3.63, 3.8) is 0 Å². The minimum absolute atomic E-state index is 0.00251. The third-order valence-corrected chi connectivity index (χ3v) is 5.75. The maximum Gasteiger partial charge on any atom is 0.318 e. The van der Waals surface area contributed by atoms with Crippen LogP contribution in [0.5, 0.6) is 0 Å². The van der Waals surface area contributed by atoms with Crippen LogP contribution in [-0.4, -0.2) is 66.2 Å². The van der Waals surface area contributed by atoms with Crippen molar-refractivity contribution in [2.24, 2.45) is 0 Å². The van der Waals surface area contributed by atoms with E-state index in [1.54, 1.807) is 12.4 Å². The van der Waals surface area contributed by atoms with E-state index in [1.807, 2.05) is 35.2 Å². The molecule has 0 saturated carbocycles. The van der Waals surface area contributed by atoms with Gasteiger partial charge in [0, 0.05) is 57.8 Å². The molecular formula is C22H28N4O2. The third-order valence-electron chi connectivity index (χ3n) is 5.75. The predicted molar refractivity (Wildman–Crippen MR) is 108 cm³/mol. The molecule has 6 nitrogen and oxygen atoms in total. The van der Waals surface area contributed by atoms with Crippen LogP contribution >= 0.6 is 0 Å². The van der Waals surface area contributed by atoms with E-state index in [0.29, 0.717) is 6.04 Å². The van der Waals surface area contributed by atoms with Gasteiger partial charge in [-0.1, -0.05) is 30.3 Å². The molecule has 2 aromatic rings. The quantitative estimate of drug-likeness (QED) is 0.886. The van der Waals surface area contributed by atoms with E-state index in [-0.39, 0.29) is 12.1 Å². The second kappa shape index (κ2) is 9.17. The Hall–Kier alpha value is -2.44. The Morgan fingerprint density at radius 2 is 1.61 bits per heavy atom. The highest BCUT2D eigenvalue weighted by Crippen LogP contribution is 2.22. The molecule has 0 spiro atoms. The Morgan fingerprint density at radius 3 is 2.29 bits per heavy atom. The number of carbonyl (C=O) groups is 1. The van der Waals surface area contributed by atoms with Crippen LogP contribution in [0.1, 0.15) is 30.0 Å². The minimum atomic E-state index is -0.176. The number of carbonyl (C=O) groups excluding carboxylic acids is 1. The summed E-state index contributed by atoms with van der Waals surface area (Å²) in [5.41, 5.74) is 2.11. The lowest BCUT2D eigenvalue weighted by Gasteiger charge is -2.41. The fourth-order valence-electron chi connectivity index (χ4n) is 4.12. The van der Waals surface area contributed by atoms with Gasteiger partial charge < -0.3 is 15.0 Å². The first-order valence-electron chi connectivity index (χ1n) is 10.1. The molecule has 1 aromatic carbocycles. The Bertz CT molecular complexity index is 702. The molecule has 2 amide bonds. The Kier molecular flexibility index (Phi) is 6.19. The standard InChI is InChI=1S/C22H28N4O2/c27-22(26-14-12-25(13-15-26)20-8-16-28-17-9-20)24-21(18-4-2-1-3-5-18)19-6-10-23-11-7-19/h1-7,10-11,20-21H,8-9,12-17H2,(H,24,27)/t21-/m0/s1. The lowest BCUT2D eigenvalue weighted by molar-refractivity contribution is 0.0186. The molecule has 0 radical (unpaired) electrons. The molecule has 0 aliphatic carbocycles. The van der Waals surface area contributed by atoms with Crippen molar-refractivity contribution in [2.45, 2.75) is 24.9 Å². The monoisotopic (exact) mass is 380 g/mol. The van der Waals surface area contributed by atoms with Crippen LogP contribution in [0, 0.1) is 0 Å². The van der Waals surface area contributed by atoms with Crippen LogP contribution in [0.4, 0.5) is 4.79 Å². The highest BCUT2D eigenvalue weighted by molar-refractivity contribution is 5.75. The predicted octanol–water partition coefficient (Wildman–Crippen LogP) is 2.68. The van der Waals surface area contributed by atoms with Gasteiger partial charge in [0.05, 0.1) is 6.04 Å². The zero-order valence-electron chi connectivity index (χ0n) is 16.2. The molecule has 28 heavy (non-hydrogen) atoms. The summed E-state index contributed by atoms with van der Waals surface area (Å²) in [4.78, 5) is 21.6. The Balaban J connectivity index is 1.40. The van der Waals surface area contributed by atoms with Gasteiger partial charge in [0.25, 0.3) is 0 Å². The number of hydrogen-bond donors (Lipinski definition) is 1. The fraction of sp³-hybridized carbons (Fsp3) is 0.455. The summed E-state index contributed by atoms with van der Waals surface area (Å²) in [5, 5.41) is 3.23. The second-order valence-electron chi connectivity index (χ2n) is 7.44. The molecule has 0 bridgehead atoms. The molecule has 2 saturated heterocycles. The van der Waals surface area contributed by atoms with Gasteiger partial charge in [0.15, 0.2) is 0 Å². The zero-order chi connectivity index (χ0) is 19.2. The van der Waals surface area contributed by atoms with Gasteiger partial charge in [-0.05, 0) is 36.1 Å². The number of ether oxygens (including phenoxy) is 1. The normalized spacial score (nSPS) is 19.9. The van der Waals surface area contributed by atoms with E-state index in [9.17, 15) is 4.79 Å². The van der Waals surface area contributed by atoms with Crippen LogP contribution in [0.25, 0.3) is 0 Å². The maximum atomic E-state index is 13.0. The summed E-state index contributed by atoms with van der Waals surface area (Å²) in [6.45, 7) is 5.11. The van der Waals surface area contributed by atoms with Crippen LogP contribution in [0.2, 0.25) is 0 Å². The van der Waals surface area contributed by atoms with Crippen LogP contribution in [0.3, 0.4) is 0 Å². The number of pyridine rings is 1. The number of aromatic nitrogens is 1. The van der Waals surface area contributed by atoms with Crippen molar-refractivity contribution in [3.8, 4) is 0 Å². The first-order chi connectivity index (χ1) is 13.8. The molecule has 1 atom stereocenters. The lowest BCUT2D eigenvalue weighted by atomic mass is 10.00. The van der Waals surface area contributed by atoms with Crippen molar-refractivity contribution in [2.75, 3.05) is 39.4 Å². The minimum Gasteiger partial charge on any atom is -0.381 e. The zero-order valence-corrected chi connectivity index (χ0v) is 16.2. The van der Waals surface area contributed by atoms with Crippen molar-refractivity contribution >= 4 is 6.03 Å². The Labute approximate surface area is 166 Å². The number of hydrogen-bond acceptors (Lipinski definition) is 4. The van der Waals surface area contributed by atoms with E-state index in [0.717, 1.165) is 63.4 Å². The van der Waals surface area contributed by atoms with Gasteiger partial charge in [0.1, 0.15) is 0 Å². The van der Waals surface area contributed by atoms with Crippen molar-refractivity contribution in [1.29, 1.82) is 0 Å². The second-order valence-corrected chi connectivity index (χ2v) is 7.44. The first-order valence-corrected chi connectivity index (χ1v) is 10.1. The van der Waals surface area contributed by atoms with Crippen molar-refractivity contribution < 1.29 is 9.53 Å². The molecule has 148 valence electrons. The molecule has 2 aliphatic rings. The van der Waals surface area contributed by atoms with E-state index in [2.05, 4.69) is 27.3 Å². The largest absolute Gasteiger partial charge is 0.381 e. The van der Waals surface area contributed by atoms with E-state index < -0.39 is 0 Å². The van der Waals surface area contributed by atoms with E-state index in [1.165, 1.54) is 0 Å². The molecule has 0 unspecified atom stereocenters. The summed E-state index contributed by atoms with van der Waals surface area (Å²) >= 11 is 0. The van der Waals surface area contributed by atoms with Gasteiger partial charge in [-0.3, -0.25) is 9.88 Å². The number of nitrogens with one attached hydrogen (secondary N) is 1. The average molecular weight is 380 g/mol. The average Bonchev–Trinajstić information content (AvgIpc) is 2.79. The molecule has 1 aromatic heterocycles. The molecule has 2 fully saturated rings. The smallest absolute Gasteiger partial charge is 0.318 e. The van der Waals surface area contributed by atoms with E-state index in [4.69, 9.17) is 4.74 Å². The molecule has 3 heterocycles. The van der Waals surface area contributed by atoms with Gasteiger partial charge in [-0.2, -0.15) is 0 Å². The van der Waals surface area contributed by atoms with Gasteiger partial charge >= 0.3 is 6.03 Å². The molecular weight excluding hydrogens is 352 g/mol. The number of piperazine rings is 1. The van der Waals surface area contributed by atoms with Crippen LogP contribution in [-0.2, 0) is 4.74 Å². The molecule has 6 heteroatoms. The van der Waals surface area contributed by atoms with Gasteiger partial charge in [0.2, 0.25) is 0 Å². The highest BCUT2D eigenvalue weighted by atomic mass is 16.5. The highest BCUT2D eigenvalue weighted by Gasteiger charge is 2.28. The SMILES string of the molecule is O=C(N[C@@H](c1ccccc1)c1ccncc1)N1CCN(C2CCOCC2)CC1. The topological polar surface area (TPSA) is 57.7 Å². The van der Waals surface area contributed by atoms with Crippen molar-refractivity contribution in [1.82, 2.24) is 20.1 Å². The van der Waals surface area contributed by atoms with Crippen LogP contribution < -0.4 is 5.32 Å². The first kappa shape index (κ1) is 18.9. The Morgan fingerprint density at radius 1 is 0.964 bits per heavy atom. The fourth-order valence-corrected chi connectivity index (χ4v) is 4.12. The van der Waals surface area contributed by atoms with Crippen LogP contribution in [0.15, 0.2) is 54.9 Å². The summed E-state index contributed by atoms with van der Waals surface area (Å²) in [6.07, 6.45) is 5.74.